The molecule has 0 bridgehead atoms. The lowest BCUT2D eigenvalue weighted by atomic mass is 9.95. The molecule has 0 heterocycles. The first-order chi connectivity index (χ1) is 9.31. The Morgan fingerprint density at radius 3 is 2.58 bits per heavy atom. The van der Waals surface area contributed by atoms with Crippen LogP contribution in [0.25, 0.3) is 0 Å². The van der Waals surface area contributed by atoms with E-state index in [2.05, 4.69) is 55.3 Å². The van der Waals surface area contributed by atoms with Gasteiger partial charge in [0.2, 0.25) is 0 Å². The first-order valence-electron chi connectivity index (χ1n) is 7.87. The predicted octanol–water partition coefficient (Wildman–Crippen LogP) is 3.38. The zero-order valence-corrected chi connectivity index (χ0v) is 12.7. The van der Waals surface area contributed by atoms with Crippen molar-refractivity contribution in [2.75, 3.05) is 19.6 Å². The Hall–Kier alpha value is -0.860. The van der Waals surface area contributed by atoms with E-state index in [1.165, 1.54) is 24.8 Å². The molecule has 0 saturated carbocycles. The standard InChI is InChI=1S/C17H28N2/c1-4-18-17-15-12-8-7-10-14(15)11-9-13-16(17)19(5-2)6-3/h7-8,10,12,16-18H,4-6,9,11,13H2,1-3H3. The molecule has 0 radical (unpaired) electrons. The second-order valence-corrected chi connectivity index (χ2v) is 5.41. The summed E-state index contributed by atoms with van der Waals surface area (Å²) in [5.41, 5.74) is 3.07. The smallest absolute Gasteiger partial charge is 0.0480 e. The number of nitrogens with one attached hydrogen (secondary N) is 1. The maximum Gasteiger partial charge on any atom is 0.0480 e. The van der Waals surface area contributed by atoms with Crippen LogP contribution < -0.4 is 5.32 Å². The Labute approximate surface area is 118 Å². The third-order valence-corrected chi connectivity index (χ3v) is 4.43. The highest BCUT2D eigenvalue weighted by molar-refractivity contribution is 5.32. The van der Waals surface area contributed by atoms with Crippen LogP contribution in [0.3, 0.4) is 0 Å². The van der Waals surface area contributed by atoms with Crippen LogP contribution in [0.2, 0.25) is 0 Å². The number of likely N-dealkylation sites (N-methyl/N-ethyl adjacent to an activating group) is 2. The molecule has 2 nitrogen and oxygen atoms in total. The first kappa shape index (κ1) is 14.5. The molecule has 1 aliphatic carbocycles. The monoisotopic (exact) mass is 260 g/mol. The third kappa shape index (κ3) is 3.18. The highest BCUT2D eigenvalue weighted by Gasteiger charge is 2.29. The second kappa shape index (κ2) is 7.06. The van der Waals surface area contributed by atoms with Gasteiger partial charge in [-0.15, -0.1) is 0 Å². The first-order valence-corrected chi connectivity index (χ1v) is 7.87. The van der Waals surface area contributed by atoms with Gasteiger partial charge in [0.25, 0.3) is 0 Å². The van der Waals surface area contributed by atoms with Crippen LogP contribution in [0.5, 0.6) is 0 Å². The van der Waals surface area contributed by atoms with E-state index in [9.17, 15) is 0 Å². The molecule has 0 spiro atoms. The van der Waals surface area contributed by atoms with E-state index < -0.39 is 0 Å². The highest BCUT2D eigenvalue weighted by atomic mass is 15.2. The van der Waals surface area contributed by atoms with Crippen LogP contribution in [-0.4, -0.2) is 30.6 Å². The minimum atomic E-state index is 0.489. The van der Waals surface area contributed by atoms with Gasteiger partial charge in [-0.1, -0.05) is 45.0 Å². The van der Waals surface area contributed by atoms with Crippen molar-refractivity contribution in [3.63, 3.8) is 0 Å². The van der Waals surface area contributed by atoms with Gasteiger partial charge in [0.1, 0.15) is 0 Å². The van der Waals surface area contributed by atoms with Crippen molar-refractivity contribution >= 4 is 0 Å². The number of hydrogen-bond donors (Lipinski definition) is 1. The van der Waals surface area contributed by atoms with Crippen LogP contribution in [-0.2, 0) is 6.42 Å². The van der Waals surface area contributed by atoms with Gasteiger partial charge in [-0.25, -0.2) is 0 Å². The van der Waals surface area contributed by atoms with Gasteiger partial charge in [0, 0.05) is 12.1 Å². The summed E-state index contributed by atoms with van der Waals surface area (Å²) in [5.74, 6) is 0. The molecule has 1 aromatic carbocycles. The van der Waals surface area contributed by atoms with Crippen molar-refractivity contribution in [3.8, 4) is 0 Å². The molecule has 1 aliphatic rings. The summed E-state index contributed by atoms with van der Waals surface area (Å²) in [6.07, 6.45) is 3.84. The summed E-state index contributed by atoms with van der Waals surface area (Å²) < 4.78 is 0. The Bertz CT molecular complexity index is 385. The molecule has 2 unspecified atom stereocenters. The summed E-state index contributed by atoms with van der Waals surface area (Å²) in [4.78, 5) is 2.62. The number of hydrogen-bond acceptors (Lipinski definition) is 2. The van der Waals surface area contributed by atoms with Gasteiger partial charge >= 0.3 is 0 Å². The van der Waals surface area contributed by atoms with Gasteiger partial charge < -0.3 is 5.32 Å². The summed E-state index contributed by atoms with van der Waals surface area (Å²) in [6.45, 7) is 10.1. The Morgan fingerprint density at radius 1 is 1.16 bits per heavy atom. The number of aryl methyl sites for hydroxylation is 1. The Morgan fingerprint density at radius 2 is 1.89 bits per heavy atom. The van der Waals surface area contributed by atoms with Crippen LogP contribution in [0.4, 0.5) is 0 Å². The van der Waals surface area contributed by atoms with E-state index >= 15 is 0 Å². The molecule has 106 valence electrons. The number of nitrogens with zero attached hydrogens (tertiary/aromatic N) is 1. The third-order valence-electron chi connectivity index (χ3n) is 4.43. The van der Waals surface area contributed by atoms with Crippen molar-refractivity contribution in [2.24, 2.45) is 0 Å². The normalized spacial score (nSPS) is 23.2. The number of rotatable bonds is 5. The van der Waals surface area contributed by atoms with Crippen molar-refractivity contribution in [1.82, 2.24) is 10.2 Å². The quantitative estimate of drug-likeness (QED) is 0.816. The molecule has 0 aliphatic heterocycles. The average molecular weight is 260 g/mol. The van der Waals surface area contributed by atoms with Crippen molar-refractivity contribution in [1.29, 1.82) is 0 Å². The average Bonchev–Trinajstić information content (AvgIpc) is 2.62. The van der Waals surface area contributed by atoms with Crippen molar-refractivity contribution in [2.45, 2.75) is 52.1 Å². The van der Waals surface area contributed by atoms with Gasteiger partial charge in [0.15, 0.2) is 0 Å². The SMILES string of the molecule is CCNC1c2ccccc2CCCC1N(CC)CC. The predicted molar refractivity (Wildman–Crippen MR) is 82.5 cm³/mol. The largest absolute Gasteiger partial charge is 0.309 e. The van der Waals surface area contributed by atoms with E-state index in [4.69, 9.17) is 0 Å². The molecule has 1 aromatic rings. The fraction of sp³-hybridized carbons (Fsp3) is 0.647. The molecule has 0 aromatic heterocycles. The maximum absolute atomic E-state index is 3.74. The van der Waals surface area contributed by atoms with Crippen molar-refractivity contribution in [3.05, 3.63) is 35.4 Å². The van der Waals surface area contributed by atoms with E-state index in [1.807, 2.05) is 0 Å². The molecule has 0 saturated heterocycles. The molecule has 0 amide bonds. The zero-order valence-electron chi connectivity index (χ0n) is 12.7. The molecular formula is C17H28N2. The molecule has 0 fully saturated rings. The fourth-order valence-electron chi connectivity index (χ4n) is 3.49. The van der Waals surface area contributed by atoms with E-state index in [0.29, 0.717) is 12.1 Å². The van der Waals surface area contributed by atoms with E-state index in [-0.39, 0.29) is 0 Å². The van der Waals surface area contributed by atoms with Gasteiger partial charge in [-0.2, -0.15) is 0 Å². The molecule has 2 rings (SSSR count). The van der Waals surface area contributed by atoms with E-state index in [0.717, 1.165) is 19.6 Å². The minimum absolute atomic E-state index is 0.489. The highest BCUT2D eigenvalue weighted by Crippen LogP contribution is 2.31. The van der Waals surface area contributed by atoms with Gasteiger partial charge in [0.05, 0.1) is 0 Å². The lowest BCUT2D eigenvalue weighted by Crippen LogP contribution is -2.44. The number of benzene rings is 1. The molecule has 2 heteroatoms. The lowest BCUT2D eigenvalue weighted by Gasteiger charge is -2.36. The summed E-state index contributed by atoms with van der Waals surface area (Å²) in [7, 11) is 0. The lowest BCUT2D eigenvalue weighted by molar-refractivity contribution is 0.163. The van der Waals surface area contributed by atoms with Crippen LogP contribution in [0, 0.1) is 0 Å². The van der Waals surface area contributed by atoms with Crippen LogP contribution in [0.1, 0.15) is 50.8 Å². The van der Waals surface area contributed by atoms with Gasteiger partial charge in [-0.05, 0) is 50.0 Å². The summed E-state index contributed by atoms with van der Waals surface area (Å²) >= 11 is 0. The second-order valence-electron chi connectivity index (χ2n) is 5.41. The Kier molecular flexibility index (Phi) is 5.41. The van der Waals surface area contributed by atoms with Crippen molar-refractivity contribution < 1.29 is 0 Å². The molecule has 2 atom stereocenters. The topological polar surface area (TPSA) is 15.3 Å². The number of fused-ring (bicyclic) bond motifs is 1. The fourth-order valence-corrected chi connectivity index (χ4v) is 3.49. The molecular weight excluding hydrogens is 232 g/mol. The van der Waals surface area contributed by atoms with E-state index in [1.54, 1.807) is 5.56 Å². The minimum Gasteiger partial charge on any atom is -0.309 e. The van der Waals surface area contributed by atoms with Crippen LogP contribution >= 0.6 is 0 Å². The molecule has 19 heavy (non-hydrogen) atoms. The summed E-state index contributed by atoms with van der Waals surface area (Å²) in [5, 5.41) is 3.74. The maximum atomic E-state index is 3.74. The zero-order chi connectivity index (χ0) is 13.7. The molecule has 1 N–H and O–H groups in total. The van der Waals surface area contributed by atoms with Gasteiger partial charge in [-0.3, -0.25) is 4.90 Å². The van der Waals surface area contributed by atoms with Crippen LogP contribution in [0.15, 0.2) is 24.3 Å². The summed E-state index contributed by atoms with van der Waals surface area (Å²) in [6, 6.07) is 10.1. The Balaban J connectivity index is 2.34.